The maximum absolute atomic E-state index is 12.2. The van der Waals surface area contributed by atoms with Gasteiger partial charge in [0, 0.05) is 16.7 Å². The predicted molar refractivity (Wildman–Crippen MR) is 63.3 cm³/mol. The second kappa shape index (κ2) is 6.09. The number of carbonyl (C=O) groups is 2. The number of hydrogen-bond donors (Lipinski definition) is 1. The van der Waals surface area contributed by atoms with E-state index in [1.807, 2.05) is 0 Å². The molecule has 0 aromatic heterocycles. The third kappa shape index (κ3) is 2.45. The molecule has 0 spiro atoms. The van der Waals surface area contributed by atoms with Crippen LogP contribution in [0.15, 0.2) is 42.5 Å². The number of phenolic OH excluding ortho intramolecular Hbond substituents is 1. The summed E-state index contributed by atoms with van der Waals surface area (Å²) in [5.74, 6) is -0.658. The van der Waals surface area contributed by atoms with Gasteiger partial charge in [-0.15, -0.1) is 0 Å². The van der Waals surface area contributed by atoms with Gasteiger partial charge in [0.1, 0.15) is 5.75 Å². The fourth-order valence-electron chi connectivity index (χ4n) is 2.13. The molecule has 2 aromatic rings. The molecule has 0 saturated heterocycles. The van der Waals surface area contributed by atoms with Gasteiger partial charge in [-0.25, -0.2) is 0 Å². The summed E-state index contributed by atoms with van der Waals surface area (Å²) in [6, 6.07) is 11.2. The van der Waals surface area contributed by atoms with Gasteiger partial charge in [-0.2, -0.15) is 0 Å². The molecule has 0 amide bonds. The number of benzene rings is 2. The second-order valence-corrected chi connectivity index (χ2v) is 3.90. The van der Waals surface area contributed by atoms with Gasteiger partial charge in [0.05, 0.1) is 5.56 Å². The number of carbonyl (C=O) groups excluding carboxylic acids is 2. The minimum atomic E-state index is -0.298. The monoisotopic (exact) mass is 280 g/mol. The van der Waals surface area contributed by atoms with Gasteiger partial charge in [0.25, 0.3) is 0 Å². The summed E-state index contributed by atoms with van der Waals surface area (Å²) in [5.41, 5.74) is 1.13. The topological polar surface area (TPSA) is 84.4 Å². The van der Waals surface area contributed by atoms with Crippen molar-refractivity contribution in [1.82, 2.24) is 0 Å². The minimum Gasteiger partial charge on any atom is -0.870 e. The summed E-state index contributed by atoms with van der Waals surface area (Å²) in [7, 11) is 0. The van der Waals surface area contributed by atoms with Crippen molar-refractivity contribution < 1.29 is 71.6 Å². The second-order valence-electron chi connectivity index (χ2n) is 3.90. The predicted octanol–water partition coefficient (Wildman–Crippen LogP) is -1.01. The molecular weight excluding hydrogens is 271 g/mol. The zero-order valence-electron chi connectivity index (χ0n) is 10.3. The largest absolute Gasteiger partial charge is 1.00 e. The van der Waals surface area contributed by atoms with Crippen LogP contribution in [0.2, 0.25) is 0 Å². The summed E-state index contributed by atoms with van der Waals surface area (Å²) in [6.07, 6.45) is 0. The van der Waals surface area contributed by atoms with Crippen molar-refractivity contribution in [2.75, 3.05) is 0 Å². The molecule has 90 valence electrons. The molecule has 19 heavy (non-hydrogen) atoms. The van der Waals surface area contributed by atoms with Gasteiger partial charge in [0.2, 0.25) is 0 Å². The van der Waals surface area contributed by atoms with Gasteiger partial charge in [-0.3, -0.25) is 9.59 Å². The van der Waals surface area contributed by atoms with E-state index in [2.05, 4.69) is 0 Å². The van der Waals surface area contributed by atoms with Crippen LogP contribution in [-0.4, -0.2) is 22.1 Å². The number of fused-ring (bicyclic) bond motifs is 2. The molecule has 3 rings (SSSR count). The van der Waals surface area contributed by atoms with E-state index in [0.29, 0.717) is 11.1 Å². The Kier molecular flexibility index (Phi) is 5.20. The average Bonchev–Trinajstić information content (AvgIpc) is 2.36. The van der Waals surface area contributed by atoms with Crippen molar-refractivity contribution in [3.05, 3.63) is 64.7 Å². The first-order valence-electron chi connectivity index (χ1n) is 5.20. The SMILES string of the molecule is O=C1c2ccccc2C(=O)c2c(O)cccc21.[K+].[OH-]. The number of rotatable bonds is 0. The molecule has 0 saturated carbocycles. The molecule has 2 N–H and O–H groups in total. The van der Waals surface area contributed by atoms with Gasteiger partial charge in [-0.1, -0.05) is 36.4 Å². The van der Waals surface area contributed by atoms with E-state index in [0.717, 1.165) is 0 Å². The number of ketones is 2. The van der Waals surface area contributed by atoms with Crippen LogP contribution in [-0.2, 0) is 0 Å². The number of hydrogen-bond acceptors (Lipinski definition) is 4. The summed E-state index contributed by atoms with van der Waals surface area (Å²) >= 11 is 0. The summed E-state index contributed by atoms with van der Waals surface area (Å²) in [6.45, 7) is 0. The summed E-state index contributed by atoms with van der Waals surface area (Å²) in [5, 5.41) is 9.70. The third-order valence-electron chi connectivity index (χ3n) is 2.93. The zero-order valence-corrected chi connectivity index (χ0v) is 13.4. The third-order valence-corrected chi connectivity index (χ3v) is 2.93. The molecule has 0 heterocycles. The maximum atomic E-state index is 12.2. The molecule has 0 fully saturated rings. The summed E-state index contributed by atoms with van der Waals surface area (Å²) < 4.78 is 0. The number of phenols is 1. The fourth-order valence-corrected chi connectivity index (χ4v) is 2.13. The van der Waals surface area contributed by atoms with Crippen LogP contribution in [0.4, 0.5) is 0 Å². The maximum Gasteiger partial charge on any atom is 1.00 e. The van der Waals surface area contributed by atoms with Gasteiger partial charge < -0.3 is 10.6 Å². The molecule has 0 unspecified atom stereocenters. The zero-order chi connectivity index (χ0) is 12.0. The Morgan fingerprint density at radius 1 is 0.737 bits per heavy atom. The normalized spacial score (nSPS) is 11.8. The molecular formula is C14H9KO4. The average molecular weight is 280 g/mol. The van der Waals surface area contributed by atoms with Crippen LogP contribution < -0.4 is 51.4 Å². The van der Waals surface area contributed by atoms with Crippen molar-refractivity contribution in [3.63, 3.8) is 0 Å². The van der Waals surface area contributed by atoms with E-state index in [1.165, 1.54) is 6.07 Å². The van der Waals surface area contributed by atoms with Crippen LogP contribution in [0, 0.1) is 0 Å². The molecule has 0 bridgehead atoms. The van der Waals surface area contributed by atoms with Crippen molar-refractivity contribution in [3.8, 4) is 5.75 Å². The number of aromatic hydroxyl groups is 1. The van der Waals surface area contributed by atoms with E-state index in [-0.39, 0.29) is 85.3 Å². The fraction of sp³-hybridized carbons (Fsp3) is 0. The molecule has 0 atom stereocenters. The Balaban J connectivity index is 0.000000902. The first-order chi connectivity index (χ1) is 8.20. The van der Waals surface area contributed by atoms with Crippen molar-refractivity contribution in [2.45, 2.75) is 0 Å². The standard InChI is InChI=1S/C14H8O3.K.H2O/c15-11-7-3-6-10-12(11)14(17)9-5-2-1-4-8(9)13(10)16;;/h1-7,15H;;1H2/q;+1;/p-1. The smallest absolute Gasteiger partial charge is 0.870 e. The van der Waals surface area contributed by atoms with Crippen molar-refractivity contribution in [2.24, 2.45) is 0 Å². The molecule has 1 aliphatic rings. The van der Waals surface area contributed by atoms with Crippen LogP contribution in [0.3, 0.4) is 0 Å². The van der Waals surface area contributed by atoms with E-state index in [4.69, 9.17) is 0 Å². The molecule has 0 aliphatic heterocycles. The molecule has 1 aliphatic carbocycles. The molecule has 2 aromatic carbocycles. The van der Waals surface area contributed by atoms with Crippen LogP contribution in [0.1, 0.15) is 31.8 Å². The van der Waals surface area contributed by atoms with E-state index >= 15 is 0 Å². The molecule has 0 radical (unpaired) electrons. The quantitative estimate of drug-likeness (QED) is 0.535. The molecule has 4 nitrogen and oxygen atoms in total. The van der Waals surface area contributed by atoms with E-state index < -0.39 is 0 Å². The van der Waals surface area contributed by atoms with E-state index in [9.17, 15) is 14.7 Å². The first kappa shape index (κ1) is 16.2. The van der Waals surface area contributed by atoms with Crippen molar-refractivity contribution in [1.29, 1.82) is 0 Å². The Bertz CT molecular complexity index is 664. The Morgan fingerprint density at radius 3 is 1.89 bits per heavy atom. The Hall–Kier alpha value is -0.824. The van der Waals surface area contributed by atoms with Crippen molar-refractivity contribution >= 4 is 11.6 Å². The summed E-state index contributed by atoms with van der Waals surface area (Å²) in [4.78, 5) is 24.3. The van der Waals surface area contributed by atoms with Crippen LogP contribution in [0.25, 0.3) is 0 Å². The molecule has 5 heteroatoms. The van der Waals surface area contributed by atoms with E-state index in [1.54, 1.807) is 36.4 Å². The van der Waals surface area contributed by atoms with Gasteiger partial charge >= 0.3 is 51.4 Å². The Labute approximate surface area is 152 Å². The minimum absolute atomic E-state index is 0. The van der Waals surface area contributed by atoms with Crippen LogP contribution in [0.5, 0.6) is 5.75 Å². The van der Waals surface area contributed by atoms with Gasteiger partial charge in [0.15, 0.2) is 11.6 Å². The van der Waals surface area contributed by atoms with Gasteiger partial charge in [-0.05, 0) is 6.07 Å². The van der Waals surface area contributed by atoms with Crippen LogP contribution >= 0.6 is 0 Å². The first-order valence-corrected chi connectivity index (χ1v) is 5.20. The Morgan fingerprint density at radius 2 is 1.26 bits per heavy atom.